The Bertz CT molecular complexity index is 691. The molecule has 0 radical (unpaired) electrons. The molecular weight excluding hydrogens is 326 g/mol. The minimum absolute atomic E-state index is 0.0358. The van der Waals surface area contributed by atoms with E-state index in [2.05, 4.69) is 15.4 Å². The SMILES string of the molecule is O=C(/C=C/c1ccccc1OC(F)F)NCCCNc1ccccc1. The molecule has 2 aromatic carbocycles. The van der Waals surface area contributed by atoms with Gasteiger partial charge in [-0.2, -0.15) is 8.78 Å². The summed E-state index contributed by atoms with van der Waals surface area (Å²) in [5.41, 5.74) is 1.45. The van der Waals surface area contributed by atoms with Crippen molar-refractivity contribution in [3.8, 4) is 5.75 Å². The van der Waals surface area contributed by atoms with Gasteiger partial charge in [-0.15, -0.1) is 0 Å². The molecule has 0 aliphatic rings. The molecule has 4 nitrogen and oxygen atoms in total. The first kappa shape index (κ1) is 18.4. The lowest BCUT2D eigenvalue weighted by Crippen LogP contribution is -2.23. The summed E-state index contributed by atoms with van der Waals surface area (Å²) in [6.07, 6.45) is 3.52. The third kappa shape index (κ3) is 7.03. The van der Waals surface area contributed by atoms with Gasteiger partial charge in [-0.25, -0.2) is 0 Å². The molecule has 0 unspecified atom stereocenters. The van der Waals surface area contributed by atoms with Gasteiger partial charge >= 0.3 is 6.61 Å². The molecule has 0 spiro atoms. The van der Waals surface area contributed by atoms with Crippen molar-refractivity contribution >= 4 is 17.7 Å². The molecule has 2 rings (SSSR count). The zero-order valence-electron chi connectivity index (χ0n) is 13.6. The Morgan fingerprint density at radius 1 is 1.04 bits per heavy atom. The number of halogens is 2. The summed E-state index contributed by atoms with van der Waals surface area (Å²) in [6.45, 7) is -1.66. The Hall–Kier alpha value is -2.89. The van der Waals surface area contributed by atoms with E-state index >= 15 is 0 Å². The van der Waals surface area contributed by atoms with Gasteiger partial charge in [-0.3, -0.25) is 4.79 Å². The van der Waals surface area contributed by atoms with Crippen LogP contribution in [0.5, 0.6) is 5.75 Å². The molecule has 2 N–H and O–H groups in total. The number of rotatable bonds is 9. The molecule has 132 valence electrons. The van der Waals surface area contributed by atoms with E-state index in [4.69, 9.17) is 0 Å². The summed E-state index contributed by atoms with van der Waals surface area (Å²) in [5.74, 6) is -0.250. The number of ether oxygens (including phenoxy) is 1. The Kier molecular flexibility index (Phi) is 7.43. The van der Waals surface area contributed by atoms with E-state index < -0.39 is 6.61 Å². The number of hydrogen-bond donors (Lipinski definition) is 2. The Balaban J connectivity index is 1.72. The van der Waals surface area contributed by atoms with Crippen LogP contribution in [0.3, 0.4) is 0 Å². The summed E-state index contributed by atoms with van der Waals surface area (Å²) in [7, 11) is 0. The fourth-order valence-corrected chi connectivity index (χ4v) is 2.13. The van der Waals surface area contributed by atoms with E-state index in [1.165, 1.54) is 18.2 Å². The van der Waals surface area contributed by atoms with Crippen LogP contribution in [0.15, 0.2) is 60.7 Å². The van der Waals surface area contributed by atoms with Crippen molar-refractivity contribution in [3.63, 3.8) is 0 Å². The molecule has 0 aliphatic heterocycles. The number of amides is 1. The minimum atomic E-state index is -2.90. The van der Waals surface area contributed by atoms with Crippen LogP contribution in [-0.2, 0) is 4.79 Å². The topological polar surface area (TPSA) is 50.4 Å². The predicted molar refractivity (Wildman–Crippen MR) is 94.7 cm³/mol. The second-order valence-electron chi connectivity index (χ2n) is 5.19. The van der Waals surface area contributed by atoms with Gasteiger partial charge in [0.2, 0.25) is 5.91 Å². The lowest BCUT2D eigenvalue weighted by atomic mass is 10.2. The Morgan fingerprint density at radius 2 is 1.76 bits per heavy atom. The van der Waals surface area contributed by atoms with Crippen molar-refractivity contribution < 1.29 is 18.3 Å². The van der Waals surface area contributed by atoms with Gasteiger partial charge in [0, 0.05) is 30.4 Å². The molecule has 0 aliphatic carbocycles. The van der Waals surface area contributed by atoms with Crippen molar-refractivity contribution in [1.82, 2.24) is 5.32 Å². The van der Waals surface area contributed by atoms with Gasteiger partial charge in [0.1, 0.15) is 5.75 Å². The number of para-hydroxylation sites is 2. The smallest absolute Gasteiger partial charge is 0.387 e. The first-order valence-corrected chi connectivity index (χ1v) is 7.94. The lowest BCUT2D eigenvalue weighted by Gasteiger charge is -2.07. The van der Waals surface area contributed by atoms with Gasteiger partial charge < -0.3 is 15.4 Å². The molecule has 0 aromatic heterocycles. The van der Waals surface area contributed by atoms with Gasteiger partial charge in [0.25, 0.3) is 0 Å². The summed E-state index contributed by atoms with van der Waals surface area (Å²) >= 11 is 0. The number of carbonyl (C=O) groups excluding carboxylic acids is 1. The quantitative estimate of drug-likeness (QED) is 0.534. The van der Waals surface area contributed by atoms with Gasteiger partial charge in [0.15, 0.2) is 0 Å². The van der Waals surface area contributed by atoms with Crippen LogP contribution in [0, 0.1) is 0 Å². The van der Waals surface area contributed by atoms with E-state index in [0.717, 1.165) is 18.7 Å². The van der Waals surface area contributed by atoms with Crippen LogP contribution in [0.25, 0.3) is 6.08 Å². The first-order valence-electron chi connectivity index (χ1n) is 7.94. The maximum Gasteiger partial charge on any atom is 0.387 e. The third-order valence-corrected chi connectivity index (χ3v) is 3.31. The molecule has 0 heterocycles. The monoisotopic (exact) mass is 346 g/mol. The van der Waals surface area contributed by atoms with Gasteiger partial charge in [-0.05, 0) is 30.7 Å². The largest absolute Gasteiger partial charge is 0.434 e. The zero-order chi connectivity index (χ0) is 17.9. The second kappa shape index (κ2) is 10.1. The van der Waals surface area contributed by atoms with E-state index in [1.54, 1.807) is 18.2 Å². The highest BCUT2D eigenvalue weighted by Gasteiger charge is 2.07. The number of alkyl halides is 2. The van der Waals surface area contributed by atoms with E-state index in [-0.39, 0.29) is 11.7 Å². The van der Waals surface area contributed by atoms with Crippen molar-refractivity contribution in [2.45, 2.75) is 13.0 Å². The Morgan fingerprint density at radius 3 is 2.52 bits per heavy atom. The molecule has 1 amide bonds. The van der Waals surface area contributed by atoms with Gasteiger partial charge in [-0.1, -0.05) is 36.4 Å². The van der Waals surface area contributed by atoms with Crippen LogP contribution in [-0.4, -0.2) is 25.6 Å². The Labute approximate surface area is 145 Å². The summed E-state index contributed by atoms with van der Waals surface area (Å²) in [4.78, 5) is 11.8. The van der Waals surface area contributed by atoms with Crippen molar-refractivity contribution in [2.24, 2.45) is 0 Å². The fraction of sp³-hybridized carbons (Fsp3) is 0.211. The molecule has 6 heteroatoms. The molecule has 0 saturated carbocycles. The van der Waals surface area contributed by atoms with Crippen molar-refractivity contribution in [2.75, 3.05) is 18.4 Å². The highest BCUT2D eigenvalue weighted by molar-refractivity contribution is 5.92. The first-order chi connectivity index (χ1) is 12.1. The number of nitrogens with one attached hydrogen (secondary N) is 2. The maximum absolute atomic E-state index is 12.3. The highest BCUT2D eigenvalue weighted by Crippen LogP contribution is 2.21. The predicted octanol–water partition coefficient (Wildman–Crippen LogP) is 3.92. The molecule has 0 fully saturated rings. The summed E-state index contributed by atoms with van der Waals surface area (Å²) in [6, 6.07) is 16.1. The summed E-state index contributed by atoms with van der Waals surface area (Å²) in [5, 5.41) is 5.99. The number of carbonyl (C=O) groups is 1. The average Bonchev–Trinajstić information content (AvgIpc) is 2.61. The third-order valence-electron chi connectivity index (χ3n) is 3.31. The molecule has 0 saturated heterocycles. The normalized spacial score (nSPS) is 10.8. The van der Waals surface area contributed by atoms with Crippen LogP contribution >= 0.6 is 0 Å². The van der Waals surface area contributed by atoms with Crippen molar-refractivity contribution in [1.29, 1.82) is 0 Å². The standard InChI is InChI=1S/C19H20F2N2O2/c20-19(21)25-17-10-5-4-7-15(17)11-12-18(24)23-14-6-13-22-16-8-2-1-3-9-16/h1-5,7-12,19,22H,6,13-14H2,(H,23,24)/b12-11+. The summed E-state index contributed by atoms with van der Waals surface area (Å²) < 4.78 is 29.1. The average molecular weight is 346 g/mol. The highest BCUT2D eigenvalue weighted by atomic mass is 19.3. The number of anilines is 1. The van der Waals surface area contributed by atoms with Crippen LogP contribution < -0.4 is 15.4 Å². The number of hydrogen-bond acceptors (Lipinski definition) is 3. The number of benzene rings is 2. The van der Waals surface area contributed by atoms with Crippen LogP contribution in [0.1, 0.15) is 12.0 Å². The second-order valence-corrected chi connectivity index (χ2v) is 5.19. The molecule has 0 bridgehead atoms. The van der Waals surface area contributed by atoms with E-state index in [1.807, 2.05) is 30.3 Å². The molecule has 2 aromatic rings. The van der Waals surface area contributed by atoms with E-state index in [9.17, 15) is 13.6 Å². The molecule has 0 atom stereocenters. The minimum Gasteiger partial charge on any atom is -0.434 e. The lowest BCUT2D eigenvalue weighted by molar-refractivity contribution is -0.116. The van der Waals surface area contributed by atoms with E-state index in [0.29, 0.717) is 12.1 Å². The molecular formula is C19H20F2N2O2. The van der Waals surface area contributed by atoms with Crippen LogP contribution in [0.2, 0.25) is 0 Å². The molecule has 25 heavy (non-hydrogen) atoms. The zero-order valence-corrected chi connectivity index (χ0v) is 13.6. The van der Waals surface area contributed by atoms with Crippen molar-refractivity contribution in [3.05, 3.63) is 66.2 Å². The van der Waals surface area contributed by atoms with Crippen LogP contribution in [0.4, 0.5) is 14.5 Å². The fourth-order valence-electron chi connectivity index (χ4n) is 2.13. The van der Waals surface area contributed by atoms with Gasteiger partial charge in [0.05, 0.1) is 0 Å². The maximum atomic E-state index is 12.3.